The summed E-state index contributed by atoms with van der Waals surface area (Å²) in [5, 5.41) is 17.9. The second-order valence-electron chi connectivity index (χ2n) is 4.40. The van der Waals surface area contributed by atoms with Gasteiger partial charge in [-0.1, -0.05) is 24.3 Å². The third-order valence-corrected chi connectivity index (χ3v) is 3.17. The van der Waals surface area contributed by atoms with E-state index in [0.29, 0.717) is 0 Å². The van der Waals surface area contributed by atoms with Crippen molar-refractivity contribution in [3.05, 3.63) is 48.4 Å². The number of benzene rings is 1. The van der Waals surface area contributed by atoms with Crippen LogP contribution in [0.4, 0.5) is 5.82 Å². The molecule has 0 amide bonds. The van der Waals surface area contributed by atoms with Gasteiger partial charge in [-0.25, -0.2) is 0 Å². The molecular formula is C14H15N5. The minimum atomic E-state index is 0.808. The lowest BCUT2D eigenvalue weighted by atomic mass is 10.2. The van der Waals surface area contributed by atoms with Gasteiger partial charge in [0.15, 0.2) is 5.82 Å². The van der Waals surface area contributed by atoms with E-state index in [1.807, 2.05) is 42.2 Å². The summed E-state index contributed by atoms with van der Waals surface area (Å²) in [6.45, 7) is 0.808. The number of hydrogen-bond donors (Lipinski definition) is 1. The Morgan fingerprint density at radius 1 is 1.21 bits per heavy atom. The van der Waals surface area contributed by atoms with Crippen molar-refractivity contribution >= 4 is 16.6 Å². The Hall–Kier alpha value is -2.43. The van der Waals surface area contributed by atoms with E-state index in [2.05, 4.69) is 26.7 Å². The molecule has 0 bridgehead atoms. The first kappa shape index (κ1) is 11.6. The van der Waals surface area contributed by atoms with Gasteiger partial charge in [-0.15, -0.1) is 5.10 Å². The molecular weight excluding hydrogens is 238 g/mol. The fourth-order valence-corrected chi connectivity index (χ4v) is 2.11. The normalized spacial score (nSPS) is 10.8. The fourth-order valence-electron chi connectivity index (χ4n) is 2.11. The van der Waals surface area contributed by atoms with Crippen LogP contribution in [0.3, 0.4) is 0 Å². The molecule has 0 radical (unpaired) electrons. The molecule has 3 rings (SSSR count). The number of hydrogen-bond acceptors (Lipinski definition) is 4. The Morgan fingerprint density at radius 2 is 2.11 bits per heavy atom. The molecule has 0 aliphatic carbocycles. The van der Waals surface area contributed by atoms with Crippen LogP contribution in [0, 0.1) is 0 Å². The molecule has 1 N–H and O–H groups in total. The van der Waals surface area contributed by atoms with E-state index in [0.717, 1.165) is 29.6 Å². The molecule has 5 heteroatoms. The lowest BCUT2D eigenvalue weighted by Gasteiger charge is -2.07. The molecule has 3 aromatic rings. The average molecular weight is 253 g/mol. The van der Waals surface area contributed by atoms with Gasteiger partial charge in [-0.3, -0.25) is 4.68 Å². The highest BCUT2D eigenvalue weighted by molar-refractivity contribution is 5.90. The Labute approximate surface area is 111 Å². The zero-order chi connectivity index (χ0) is 13.1. The summed E-state index contributed by atoms with van der Waals surface area (Å²) in [6.07, 6.45) is 4.50. The third kappa shape index (κ3) is 2.40. The zero-order valence-corrected chi connectivity index (χ0v) is 10.7. The maximum atomic E-state index is 4.16. The Balaban J connectivity index is 1.74. The second kappa shape index (κ2) is 5.06. The highest BCUT2D eigenvalue weighted by atomic mass is 15.3. The van der Waals surface area contributed by atoms with E-state index in [9.17, 15) is 0 Å². The van der Waals surface area contributed by atoms with Gasteiger partial charge in [0.25, 0.3) is 0 Å². The Morgan fingerprint density at radius 3 is 2.95 bits per heavy atom. The monoisotopic (exact) mass is 253 g/mol. The predicted octanol–water partition coefficient (Wildman–Crippen LogP) is 2.02. The number of anilines is 1. The first-order valence-corrected chi connectivity index (χ1v) is 6.26. The smallest absolute Gasteiger partial charge is 0.156 e. The van der Waals surface area contributed by atoms with E-state index in [1.165, 1.54) is 5.69 Å². The van der Waals surface area contributed by atoms with E-state index in [1.54, 1.807) is 6.20 Å². The standard InChI is InChI=1S/C14H15N5/c1-19-12(7-9-17-19)6-8-15-14-13-5-3-2-4-11(13)10-16-18-14/h2-5,7,9-10H,6,8H2,1H3,(H,15,18). The summed E-state index contributed by atoms with van der Waals surface area (Å²) in [4.78, 5) is 0. The minimum Gasteiger partial charge on any atom is -0.368 e. The van der Waals surface area contributed by atoms with Crippen molar-refractivity contribution in [1.29, 1.82) is 0 Å². The van der Waals surface area contributed by atoms with Crippen LogP contribution < -0.4 is 5.32 Å². The molecule has 19 heavy (non-hydrogen) atoms. The zero-order valence-electron chi connectivity index (χ0n) is 10.7. The van der Waals surface area contributed by atoms with Crippen LogP contribution in [0.25, 0.3) is 10.8 Å². The highest BCUT2D eigenvalue weighted by Crippen LogP contribution is 2.18. The second-order valence-corrected chi connectivity index (χ2v) is 4.40. The number of fused-ring (bicyclic) bond motifs is 1. The van der Waals surface area contributed by atoms with Crippen molar-refractivity contribution in [2.75, 3.05) is 11.9 Å². The summed E-state index contributed by atoms with van der Waals surface area (Å²) >= 11 is 0. The van der Waals surface area contributed by atoms with Crippen LogP contribution in [-0.2, 0) is 13.5 Å². The van der Waals surface area contributed by atoms with E-state index in [-0.39, 0.29) is 0 Å². The lowest BCUT2D eigenvalue weighted by Crippen LogP contribution is -2.10. The van der Waals surface area contributed by atoms with Gasteiger partial charge in [0.05, 0.1) is 6.20 Å². The van der Waals surface area contributed by atoms with Gasteiger partial charge in [0, 0.05) is 42.7 Å². The number of rotatable bonds is 4. The highest BCUT2D eigenvalue weighted by Gasteiger charge is 2.03. The summed E-state index contributed by atoms with van der Waals surface area (Å²) < 4.78 is 1.89. The molecule has 0 spiro atoms. The maximum Gasteiger partial charge on any atom is 0.156 e. The largest absolute Gasteiger partial charge is 0.368 e. The van der Waals surface area contributed by atoms with E-state index < -0.39 is 0 Å². The molecule has 2 aromatic heterocycles. The molecule has 0 fully saturated rings. The van der Waals surface area contributed by atoms with Crippen molar-refractivity contribution in [1.82, 2.24) is 20.0 Å². The van der Waals surface area contributed by atoms with Gasteiger partial charge in [-0.2, -0.15) is 10.2 Å². The SMILES string of the molecule is Cn1nccc1CCNc1nncc2ccccc12. The first-order chi connectivity index (χ1) is 9.34. The van der Waals surface area contributed by atoms with Crippen LogP contribution >= 0.6 is 0 Å². The van der Waals surface area contributed by atoms with Crippen LogP contribution in [0.15, 0.2) is 42.7 Å². The van der Waals surface area contributed by atoms with E-state index >= 15 is 0 Å². The topological polar surface area (TPSA) is 55.6 Å². The van der Waals surface area contributed by atoms with Gasteiger partial charge >= 0.3 is 0 Å². The number of aryl methyl sites for hydroxylation is 1. The van der Waals surface area contributed by atoms with Gasteiger partial charge in [0.2, 0.25) is 0 Å². The Bertz CT molecular complexity index is 684. The predicted molar refractivity (Wildman–Crippen MR) is 74.9 cm³/mol. The minimum absolute atomic E-state index is 0.808. The molecule has 0 saturated carbocycles. The Kier molecular flexibility index (Phi) is 3.10. The van der Waals surface area contributed by atoms with Crippen molar-refractivity contribution in [3.63, 3.8) is 0 Å². The molecule has 0 aliphatic heterocycles. The quantitative estimate of drug-likeness (QED) is 0.773. The van der Waals surface area contributed by atoms with Crippen LogP contribution in [0.2, 0.25) is 0 Å². The van der Waals surface area contributed by atoms with Gasteiger partial charge in [-0.05, 0) is 6.07 Å². The first-order valence-electron chi connectivity index (χ1n) is 6.26. The van der Waals surface area contributed by atoms with Crippen LogP contribution in [-0.4, -0.2) is 26.5 Å². The molecule has 0 unspecified atom stereocenters. The molecule has 5 nitrogen and oxygen atoms in total. The molecule has 1 aromatic carbocycles. The fraction of sp³-hybridized carbons (Fsp3) is 0.214. The van der Waals surface area contributed by atoms with Crippen LogP contribution in [0.1, 0.15) is 5.69 Å². The van der Waals surface area contributed by atoms with Crippen molar-refractivity contribution in [3.8, 4) is 0 Å². The summed E-state index contributed by atoms with van der Waals surface area (Å²) in [7, 11) is 1.95. The summed E-state index contributed by atoms with van der Waals surface area (Å²) in [6, 6.07) is 10.1. The average Bonchev–Trinajstić information content (AvgIpc) is 2.85. The maximum absolute atomic E-state index is 4.16. The van der Waals surface area contributed by atoms with E-state index in [4.69, 9.17) is 0 Å². The van der Waals surface area contributed by atoms with Crippen LogP contribution in [0.5, 0.6) is 0 Å². The summed E-state index contributed by atoms with van der Waals surface area (Å²) in [5.74, 6) is 0.834. The molecule has 0 aliphatic rings. The molecule has 0 atom stereocenters. The molecule has 2 heterocycles. The van der Waals surface area contributed by atoms with Crippen molar-refractivity contribution in [2.45, 2.75) is 6.42 Å². The van der Waals surface area contributed by atoms with Gasteiger partial charge < -0.3 is 5.32 Å². The van der Waals surface area contributed by atoms with Crippen molar-refractivity contribution in [2.24, 2.45) is 7.05 Å². The third-order valence-electron chi connectivity index (χ3n) is 3.17. The number of nitrogens with one attached hydrogen (secondary N) is 1. The summed E-state index contributed by atoms with van der Waals surface area (Å²) in [5.41, 5.74) is 1.20. The number of nitrogens with zero attached hydrogens (tertiary/aromatic N) is 4. The van der Waals surface area contributed by atoms with Gasteiger partial charge in [0.1, 0.15) is 0 Å². The van der Waals surface area contributed by atoms with Crippen molar-refractivity contribution < 1.29 is 0 Å². The number of aromatic nitrogens is 4. The molecule has 96 valence electrons. The lowest BCUT2D eigenvalue weighted by molar-refractivity contribution is 0.711. The molecule has 0 saturated heterocycles.